The quantitative estimate of drug-likeness (QED) is 0.659. The van der Waals surface area contributed by atoms with Gasteiger partial charge in [-0.05, 0) is 30.3 Å². The molecule has 6 heteroatoms. The second-order valence-electron chi connectivity index (χ2n) is 4.28. The van der Waals surface area contributed by atoms with Gasteiger partial charge in [-0.3, -0.25) is 14.6 Å². The first kappa shape index (κ1) is 12.2. The van der Waals surface area contributed by atoms with Gasteiger partial charge >= 0.3 is 0 Å². The predicted molar refractivity (Wildman–Crippen MR) is 72.8 cm³/mol. The number of nitrogen functional groups attached to an aromatic ring is 1. The Morgan fingerprint density at radius 1 is 1.20 bits per heavy atom. The van der Waals surface area contributed by atoms with Crippen LogP contribution in [-0.2, 0) is 0 Å². The number of methoxy groups -OCH3 is 1. The molecule has 0 saturated carbocycles. The van der Waals surface area contributed by atoms with E-state index >= 15 is 0 Å². The van der Waals surface area contributed by atoms with Gasteiger partial charge in [0.05, 0.1) is 18.4 Å². The molecule has 0 atom stereocenters. The minimum absolute atomic E-state index is 0.141. The third-order valence-corrected chi connectivity index (χ3v) is 3.09. The highest BCUT2D eigenvalue weighted by molar-refractivity contribution is 6.34. The monoisotopic (exact) mass is 269 g/mol. The molecule has 1 aliphatic rings. The Morgan fingerprint density at radius 3 is 2.70 bits per heavy atom. The molecule has 3 rings (SSSR count). The zero-order chi connectivity index (χ0) is 14.3. The van der Waals surface area contributed by atoms with Gasteiger partial charge in [0.1, 0.15) is 11.4 Å². The molecular weight excluding hydrogens is 258 g/mol. The SMILES string of the molecule is COc1ccc(N)cc1N1C(=O)c2cccnc2C1=O. The highest BCUT2D eigenvalue weighted by Crippen LogP contribution is 2.35. The van der Waals surface area contributed by atoms with E-state index in [2.05, 4.69) is 4.98 Å². The Labute approximate surface area is 114 Å². The molecule has 0 unspecified atom stereocenters. The summed E-state index contributed by atoms with van der Waals surface area (Å²) in [6.45, 7) is 0. The van der Waals surface area contributed by atoms with Crippen molar-refractivity contribution in [2.75, 3.05) is 17.7 Å². The number of imide groups is 1. The van der Waals surface area contributed by atoms with Gasteiger partial charge in [-0.25, -0.2) is 4.90 Å². The highest BCUT2D eigenvalue weighted by atomic mass is 16.5. The Balaban J connectivity index is 2.16. The van der Waals surface area contributed by atoms with Crippen molar-refractivity contribution in [2.45, 2.75) is 0 Å². The number of rotatable bonds is 2. The fourth-order valence-electron chi connectivity index (χ4n) is 2.17. The average Bonchev–Trinajstić information content (AvgIpc) is 2.71. The van der Waals surface area contributed by atoms with Crippen LogP contribution in [0, 0.1) is 0 Å². The third-order valence-electron chi connectivity index (χ3n) is 3.09. The summed E-state index contributed by atoms with van der Waals surface area (Å²) in [4.78, 5) is 29.7. The van der Waals surface area contributed by atoms with E-state index < -0.39 is 11.8 Å². The van der Waals surface area contributed by atoms with E-state index in [0.717, 1.165) is 4.90 Å². The summed E-state index contributed by atoms with van der Waals surface area (Å²) in [5.74, 6) is -0.509. The molecule has 2 amide bonds. The van der Waals surface area contributed by atoms with Crippen LogP contribution >= 0.6 is 0 Å². The number of hydrogen-bond acceptors (Lipinski definition) is 5. The van der Waals surface area contributed by atoms with Crippen LogP contribution in [-0.4, -0.2) is 23.9 Å². The van der Waals surface area contributed by atoms with E-state index in [4.69, 9.17) is 10.5 Å². The van der Waals surface area contributed by atoms with Gasteiger partial charge in [-0.1, -0.05) is 0 Å². The summed E-state index contributed by atoms with van der Waals surface area (Å²) in [5.41, 5.74) is 6.90. The molecule has 20 heavy (non-hydrogen) atoms. The minimum Gasteiger partial charge on any atom is -0.495 e. The molecule has 0 bridgehead atoms. The van der Waals surface area contributed by atoms with Gasteiger partial charge in [-0.2, -0.15) is 0 Å². The maximum atomic E-state index is 12.4. The Kier molecular flexibility index (Phi) is 2.64. The Morgan fingerprint density at radius 2 is 2.00 bits per heavy atom. The number of hydrogen-bond donors (Lipinski definition) is 1. The Bertz CT molecular complexity index is 692. The average molecular weight is 269 g/mol. The van der Waals surface area contributed by atoms with Crippen molar-refractivity contribution in [3.8, 4) is 5.75 Å². The van der Waals surface area contributed by atoms with Gasteiger partial charge < -0.3 is 10.5 Å². The van der Waals surface area contributed by atoms with Crippen LogP contribution < -0.4 is 15.4 Å². The van der Waals surface area contributed by atoms with Crippen LogP contribution in [0.5, 0.6) is 5.75 Å². The second kappa shape index (κ2) is 4.34. The van der Waals surface area contributed by atoms with Gasteiger partial charge in [0, 0.05) is 11.9 Å². The molecule has 0 fully saturated rings. The number of nitrogens with zero attached hydrogens (tertiary/aromatic N) is 2. The maximum Gasteiger partial charge on any atom is 0.284 e. The number of benzene rings is 1. The van der Waals surface area contributed by atoms with Gasteiger partial charge in [0.2, 0.25) is 0 Å². The first-order valence-corrected chi connectivity index (χ1v) is 5.91. The largest absolute Gasteiger partial charge is 0.495 e. The zero-order valence-electron chi connectivity index (χ0n) is 10.7. The third kappa shape index (κ3) is 1.62. The number of aromatic nitrogens is 1. The first-order valence-electron chi connectivity index (χ1n) is 5.91. The van der Waals surface area contributed by atoms with Crippen molar-refractivity contribution in [3.05, 3.63) is 47.8 Å². The second-order valence-corrected chi connectivity index (χ2v) is 4.28. The molecule has 0 spiro atoms. The molecule has 1 aromatic carbocycles. The molecule has 0 aliphatic carbocycles. The smallest absolute Gasteiger partial charge is 0.284 e. The molecule has 2 N–H and O–H groups in total. The van der Waals surface area contributed by atoms with Crippen LogP contribution in [0.2, 0.25) is 0 Å². The first-order chi connectivity index (χ1) is 9.63. The fraction of sp³-hybridized carbons (Fsp3) is 0.0714. The summed E-state index contributed by atoms with van der Waals surface area (Å²) in [6, 6.07) is 7.96. The lowest BCUT2D eigenvalue weighted by Crippen LogP contribution is -2.30. The maximum absolute atomic E-state index is 12.4. The summed E-state index contributed by atoms with van der Waals surface area (Å²) < 4.78 is 5.19. The lowest BCUT2D eigenvalue weighted by molar-refractivity contribution is 0.0924. The number of amides is 2. The summed E-state index contributed by atoms with van der Waals surface area (Å²) in [7, 11) is 1.46. The molecule has 100 valence electrons. The number of pyridine rings is 1. The predicted octanol–water partition coefficient (Wildman–Crippen LogP) is 1.47. The van der Waals surface area contributed by atoms with Crippen LogP contribution in [0.15, 0.2) is 36.5 Å². The van der Waals surface area contributed by atoms with E-state index in [1.165, 1.54) is 19.4 Å². The van der Waals surface area contributed by atoms with E-state index in [1.54, 1.807) is 24.3 Å². The highest BCUT2D eigenvalue weighted by Gasteiger charge is 2.39. The lowest BCUT2D eigenvalue weighted by Gasteiger charge is -2.17. The molecular formula is C14H11N3O3. The minimum atomic E-state index is -0.477. The van der Waals surface area contributed by atoms with Gasteiger partial charge in [-0.15, -0.1) is 0 Å². The van der Waals surface area contributed by atoms with Crippen LogP contribution in [0.3, 0.4) is 0 Å². The molecule has 6 nitrogen and oxygen atoms in total. The summed E-state index contributed by atoms with van der Waals surface area (Å²) in [5, 5.41) is 0. The van der Waals surface area contributed by atoms with E-state index in [1.807, 2.05) is 0 Å². The van der Waals surface area contributed by atoms with Crippen molar-refractivity contribution in [3.63, 3.8) is 0 Å². The van der Waals surface area contributed by atoms with Crippen LogP contribution in [0.1, 0.15) is 20.8 Å². The van der Waals surface area contributed by atoms with E-state index in [-0.39, 0.29) is 11.3 Å². The number of nitrogens with two attached hydrogens (primary N) is 1. The van der Waals surface area contributed by atoms with Crippen LogP contribution in [0.25, 0.3) is 0 Å². The molecule has 1 aromatic heterocycles. The van der Waals surface area contributed by atoms with Crippen molar-refractivity contribution in [1.29, 1.82) is 0 Å². The van der Waals surface area contributed by atoms with Crippen molar-refractivity contribution < 1.29 is 14.3 Å². The standard InChI is InChI=1S/C14H11N3O3/c1-20-11-5-4-8(15)7-10(11)17-13(18)9-3-2-6-16-12(9)14(17)19/h2-7H,15H2,1H3. The summed E-state index contributed by atoms with van der Waals surface area (Å²) >= 11 is 0. The van der Waals surface area contributed by atoms with Crippen molar-refractivity contribution in [2.24, 2.45) is 0 Å². The van der Waals surface area contributed by atoms with E-state index in [0.29, 0.717) is 17.1 Å². The molecule has 0 radical (unpaired) electrons. The number of carbonyl (C=O) groups is 2. The topological polar surface area (TPSA) is 85.5 Å². The molecule has 2 heterocycles. The van der Waals surface area contributed by atoms with E-state index in [9.17, 15) is 9.59 Å². The van der Waals surface area contributed by atoms with Gasteiger partial charge in [0.15, 0.2) is 0 Å². The number of fused-ring (bicyclic) bond motifs is 1. The van der Waals surface area contributed by atoms with Crippen LogP contribution in [0.4, 0.5) is 11.4 Å². The van der Waals surface area contributed by atoms with Gasteiger partial charge in [0.25, 0.3) is 11.8 Å². The fourth-order valence-corrected chi connectivity index (χ4v) is 2.17. The lowest BCUT2D eigenvalue weighted by atomic mass is 10.2. The molecule has 1 aliphatic heterocycles. The normalized spacial score (nSPS) is 13.6. The zero-order valence-corrected chi connectivity index (χ0v) is 10.7. The van der Waals surface area contributed by atoms with Crippen molar-refractivity contribution in [1.82, 2.24) is 4.98 Å². The summed E-state index contributed by atoms with van der Waals surface area (Å²) in [6.07, 6.45) is 1.48. The number of anilines is 2. The molecule has 0 saturated heterocycles. The number of carbonyl (C=O) groups excluding carboxylic acids is 2. The Hall–Kier alpha value is -2.89. The molecule has 2 aromatic rings. The number of ether oxygens (including phenoxy) is 1. The van der Waals surface area contributed by atoms with Crippen molar-refractivity contribution >= 4 is 23.2 Å².